The van der Waals surface area contributed by atoms with Crippen molar-refractivity contribution < 1.29 is 14.3 Å². The standard InChI is InChI=1S/C22H31BrN6O4/c1-22(2,3)33-21(31)24-16-12-8-9-13(16)28(11-12)20-25-18-15(19(30)27(20)4)17(23)26-29(18)14-7-5-6-10-32-14/h12-14,16H,5-11H2,1-4H3,(H,24,31)/t12-,13-,14+,16-/m0/s1. The van der Waals surface area contributed by atoms with E-state index in [9.17, 15) is 9.59 Å². The third-order valence-electron chi connectivity index (χ3n) is 6.82. The van der Waals surface area contributed by atoms with Crippen LogP contribution in [0.4, 0.5) is 10.7 Å². The Morgan fingerprint density at radius 2 is 2.03 bits per heavy atom. The van der Waals surface area contributed by atoms with Crippen molar-refractivity contribution in [1.29, 1.82) is 0 Å². The van der Waals surface area contributed by atoms with E-state index in [1.807, 2.05) is 20.8 Å². The average Bonchev–Trinajstić information content (AvgIpc) is 3.40. The molecule has 3 aliphatic rings. The quantitative estimate of drug-likeness (QED) is 0.660. The van der Waals surface area contributed by atoms with Crippen LogP contribution >= 0.6 is 15.9 Å². The maximum Gasteiger partial charge on any atom is 0.407 e. The van der Waals surface area contributed by atoms with Crippen molar-refractivity contribution in [1.82, 2.24) is 24.6 Å². The summed E-state index contributed by atoms with van der Waals surface area (Å²) in [5.41, 5.74) is -0.167. The fraction of sp³-hybridized carbons (Fsp3) is 0.727. The minimum atomic E-state index is -0.551. The minimum Gasteiger partial charge on any atom is -0.444 e. The van der Waals surface area contributed by atoms with Gasteiger partial charge in [0.15, 0.2) is 11.9 Å². The van der Waals surface area contributed by atoms with Crippen LogP contribution in [0.25, 0.3) is 11.0 Å². The van der Waals surface area contributed by atoms with Gasteiger partial charge in [0.1, 0.15) is 15.6 Å². The summed E-state index contributed by atoms with van der Waals surface area (Å²) in [7, 11) is 1.74. The summed E-state index contributed by atoms with van der Waals surface area (Å²) in [6.45, 7) is 6.97. The second kappa shape index (κ2) is 8.26. The number of carbonyl (C=O) groups excluding carboxylic acids is 1. The molecule has 5 rings (SSSR count). The van der Waals surface area contributed by atoms with Crippen molar-refractivity contribution in [3.63, 3.8) is 0 Å². The lowest BCUT2D eigenvalue weighted by atomic mass is 10.1. The number of halogens is 1. The number of alkyl carbamates (subject to hydrolysis) is 1. The van der Waals surface area contributed by atoms with E-state index in [4.69, 9.17) is 14.5 Å². The monoisotopic (exact) mass is 522 g/mol. The van der Waals surface area contributed by atoms with Crippen molar-refractivity contribution >= 4 is 39.0 Å². The molecule has 3 fully saturated rings. The molecule has 0 unspecified atom stereocenters. The number of fused-ring (bicyclic) bond motifs is 3. The Morgan fingerprint density at radius 3 is 2.73 bits per heavy atom. The average molecular weight is 523 g/mol. The third kappa shape index (κ3) is 4.03. The van der Waals surface area contributed by atoms with Crippen LogP contribution in [-0.4, -0.2) is 56.3 Å². The first-order valence-corrected chi connectivity index (χ1v) is 12.5. The van der Waals surface area contributed by atoms with Crippen molar-refractivity contribution in [2.75, 3.05) is 18.1 Å². The first-order valence-electron chi connectivity index (χ1n) is 11.7. The SMILES string of the molecule is Cn1c(N2C[C@@H]3CC[C@H]2[C@H]3NC(=O)OC(C)(C)C)nc2c(c(Br)nn2[C@H]2CCCCO2)c1=O. The molecule has 11 heteroatoms. The number of piperidine rings is 1. The van der Waals surface area contributed by atoms with Gasteiger partial charge in [-0.05, 0) is 74.7 Å². The fourth-order valence-electron chi connectivity index (χ4n) is 5.38. The number of rotatable bonds is 3. The van der Waals surface area contributed by atoms with Gasteiger partial charge < -0.3 is 19.7 Å². The normalized spacial score (nSPS) is 27.4. The van der Waals surface area contributed by atoms with Gasteiger partial charge in [0.2, 0.25) is 5.95 Å². The number of ether oxygens (including phenoxy) is 2. The zero-order valence-electron chi connectivity index (χ0n) is 19.5. The fourth-order valence-corrected chi connectivity index (χ4v) is 5.90. The molecule has 2 aliphatic heterocycles. The molecule has 180 valence electrons. The number of anilines is 1. The highest BCUT2D eigenvalue weighted by Gasteiger charge is 2.49. The maximum absolute atomic E-state index is 13.3. The number of hydrogen-bond acceptors (Lipinski definition) is 7. The van der Waals surface area contributed by atoms with E-state index in [0.29, 0.717) is 28.2 Å². The Morgan fingerprint density at radius 1 is 1.24 bits per heavy atom. The largest absolute Gasteiger partial charge is 0.444 e. The Hall–Kier alpha value is -2.14. The van der Waals surface area contributed by atoms with Gasteiger partial charge >= 0.3 is 6.09 Å². The first-order chi connectivity index (χ1) is 15.6. The summed E-state index contributed by atoms with van der Waals surface area (Å²) in [5.74, 6) is 0.883. The van der Waals surface area contributed by atoms with Gasteiger partial charge in [-0.2, -0.15) is 10.1 Å². The molecule has 1 saturated carbocycles. The molecular formula is C22H31BrN6O4. The number of aromatic nitrogens is 4. The van der Waals surface area contributed by atoms with Crippen LogP contribution in [0.2, 0.25) is 0 Å². The van der Waals surface area contributed by atoms with Gasteiger partial charge in [0.05, 0.1) is 12.1 Å². The molecule has 0 aromatic carbocycles. The lowest BCUT2D eigenvalue weighted by molar-refractivity contribution is -0.0371. The number of carbonyl (C=O) groups is 1. The number of nitrogens with one attached hydrogen (secondary N) is 1. The molecule has 0 radical (unpaired) electrons. The first kappa shape index (κ1) is 22.6. The highest BCUT2D eigenvalue weighted by molar-refractivity contribution is 9.10. The minimum absolute atomic E-state index is 0.0363. The molecule has 1 aliphatic carbocycles. The highest BCUT2D eigenvalue weighted by atomic mass is 79.9. The van der Waals surface area contributed by atoms with Crippen LogP contribution in [0.5, 0.6) is 0 Å². The predicted octanol–water partition coefficient (Wildman–Crippen LogP) is 3.08. The molecule has 1 N–H and O–H groups in total. The van der Waals surface area contributed by atoms with E-state index >= 15 is 0 Å². The summed E-state index contributed by atoms with van der Waals surface area (Å²) in [6, 6.07) is 0.0228. The summed E-state index contributed by atoms with van der Waals surface area (Å²) in [5, 5.41) is 8.09. The van der Waals surface area contributed by atoms with Crippen molar-refractivity contribution in [3.8, 4) is 0 Å². The van der Waals surface area contributed by atoms with Crippen molar-refractivity contribution in [2.24, 2.45) is 13.0 Å². The molecule has 2 saturated heterocycles. The van der Waals surface area contributed by atoms with Gasteiger partial charge in [0.25, 0.3) is 5.56 Å². The summed E-state index contributed by atoms with van der Waals surface area (Å²) >= 11 is 3.45. The Kier molecular flexibility index (Phi) is 5.67. The van der Waals surface area contributed by atoms with Crippen molar-refractivity contribution in [3.05, 3.63) is 15.0 Å². The van der Waals surface area contributed by atoms with Gasteiger partial charge in [-0.1, -0.05) is 0 Å². The smallest absolute Gasteiger partial charge is 0.407 e. The van der Waals surface area contributed by atoms with Crippen molar-refractivity contribution in [2.45, 2.75) is 76.8 Å². The zero-order chi connectivity index (χ0) is 23.5. The van der Waals surface area contributed by atoms with E-state index < -0.39 is 11.7 Å². The summed E-state index contributed by atoms with van der Waals surface area (Å²) in [6.07, 6.45) is 4.24. The van der Waals surface area contributed by atoms with E-state index in [-0.39, 0.29) is 29.8 Å². The Bertz CT molecular complexity index is 1130. The summed E-state index contributed by atoms with van der Waals surface area (Å²) in [4.78, 5) is 32.9. The van der Waals surface area contributed by atoms with Gasteiger partial charge in [-0.3, -0.25) is 9.36 Å². The van der Waals surface area contributed by atoms with Crippen LogP contribution < -0.4 is 15.8 Å². The Balaban J connectivity index is 1.48. The van der Waals surface area contributed by atoms with Gasteiger partial charge in [-0.25, -0.2) is 9.48 Å². The number of nitrogens with zero attached hydrogens (tertiary/aromatic N) is 5. The molecule has 4 heterocycles. The van der Waals surface area contributed by atoms with E-state index in [0.717, 1.165) is 38.6 Å². The summed E-state index contributed by atoms with van der Waals surface area (Å²) < 4.78 is 15.2. The molecular weight excluding hydrogens is 492 g/mol. The molecule has 2 aromatic rings. The third-order valence-corrected chi connectivity index (χ3v) is 7.38. The van der Waals surface area contributed by atoms with Crippen LogP contribution in [0.3, 0.4) is 0 Å². The highest BCUT2D eigenvalue weighted by Crippen LogP contribution is 2.40. The predicted molar refractivity (Wildman–Crippen MR) is 126 cm³/mol. The van der Waals surface area contributed by atoms with Gasteiger partial charge in [-0.15, -0.1) is 0 Å². The second-order valence-electron chi connectivity index (χ2n) is 10.3. The number of hydrogen-bond donors (Lipinski definition) is 1. The lowest BCUT2D eigenvalue weighted by Crippen LogP contribution is -2.46. The number of amides is 1. The maximum atomic E-state index is 13.3. The second-order valence-corrected chi connectivity index (χ2v) is 11.0. The molecule has 33 heavy (non-hydrogen) atoms. The molecule has 1 amide bonds. The molecule has 10 nitrogen and oxygen atoms in total. The van der Waals surface area contributed by atoms with Crippen LogP contribution in [0.15, 0.2) is 9.40 Å². The van der Waals surface area contributed by atoms with Gasteiger partial charge in [0, 0.05) is 20.2 Å². The molecule has 4 atom stereocenters. The zero-order valence-corrected chi connectivity index (χ0v) is 21.1. The van der Waals surface area contributed by atoms with E-state index in [1.54, 1.807) is 16.3 Å². The lowest BCUT2D eigenvalue weighted by Gasteiger charge is -2.30. The van der Waals surface area contributed by atoms with Crippen LogP contribution in [0, 0.1) is 5.92 Å². The Labute approximate surface area is 200 Å². The van der Waals surface area contributed by atoms with Crippen LogP contribution in [-0.2, 0) is 16.5 Å². The molecule has 2 aromatic heterocycles. The van der Waals surface area contributed by atoms with Crippen LogP contribution in [0.1, 0.15) is 59.1 Å². The topological polar surface area (TPSA) is 104 Å². The van der Waals surface area contributed by atoms with E-state index in [2.05, 4.69) is 31.2 Å². The molecule has 2 bridgehead atoms. The van der Waals surface area contributed by atoms with E-state index in [1.165, 1.54) is 0 Å². The molecule has 0 spiro atoms.